The van der Waals surface area contributed by atoms with Crippen LogP contribution >= 0.6 is 0 Å². The maximum absolute atomic E-state index is 13.4. The highest BCUT2D eigenvalue weighted by molar-refractivity contribution is 7.89. The minimum Gasteiger partial charge on any atom is -0.486 e. The van der Waals surface area contributed by atoms with E-state index in [1.54, 1.807) is 6.07 Å². The largest absolute Gasteiger partial charge is 0.486 e. The molecule has 23 heavy (non-hydrogen) atoms. The van der Waals surface area contributed by atoms with Crippen molar-refractivity contribution >= 4 is 10.0 Å². The molecular formula is C15H17F2NO4S. The van der Waals surface area contributed by atoms with Gasteiger partial charge in [0.25, 0.3) is 5.92 Å². The first-order valence-corrected chi connectivity index (χ1v) is 9.06. The summed E-state index contributed by atoms with van der Waals surface area (Å²) in [6.45, 7) is 1.07. The Hall–Kier alpha value is -1.41. The van der Waals surface area contributed by atoms with E-state index < -0.39 is 21.4 Å². The Kier molecular flexibility index (Phi) is 3.16. The molecule has 1 aromatic rings. The number of hydrogen-bond acceptors (Lipinski definition) is 4. The zero-order chi connectivity index (χ0) is 16.3. The number of benzene rings is 1. The molecule has 0 radical (unpaired) electrons. The summed E-state index contributed by atoms with van der Waals surface area (Å²) >= 11 is 0. The third-order valence-corrected chi connectivity index (χ3v) is 6.94. The van der Waals surface area contributed by atoms with E-state index in [1.807, 2.05) is 0 Å². The van der Waals surface area contributed by atoms with Crippen molar-refractivity contribution in [3.05, 3.63) is 18.2 Å². The SMILES string of the molecule is O=S(=O)(c1ccc2c(c1)OCCO2)N1CCC2(CC1)CC2(F)F. The molecule has 0 amide bonds. The number of halogens is 2. The molecule has 2 heterocycles. The Morgan fingerprint density at radius 2 is 1.65 bits per heavy atom. The zero-order valence-corrected chi connectivity index (χ0v) is 13.2. The van der Waals surface area contributed by atoms with Gasteiger partial charge in [-0.05, 0) is 25.0 Å². The Morgan fingerprint density at radius 3 is 2.26 bits per heavy atom. The lowest BCUT2D eigenvalue weighted by Gasteiger charge is -2.31. The summed E-state index contributed by atoms with van der Waals surface area (Å²) in [5.41, 5.74) is -0.966. The van der Waals surface area contributed by atoms with Gasteiger partial charge < -0.3 is 9.47 Å². The van der Waals surface area contributed by atoms with E-state index in [9.17, 15) is 17.2 Å². The first-order valence-electron chi connectivity index (χ1n) is 7.62. The number of ether oxygens (including phenoxy) is 2. The van der Waals surface area contributed by atoms with Crippen molar-refractivity contribution in [2.45, 2.75) is 30.1 Å². The van der Waals surface area contributed by atoms with Crippen molar-refractivity contribution < 1.29 is 26.7 Å². The molecule has 2 fully saturated rings. The number of fused-ring (bicyclic) bond motifs is 1. The molecule has 1 saturated carbocycles. The van der Waals surface area contributed by atoms with Crippen LogP contribution in [0.3, 0.4) is 0 Å². The number of sulfonamides is 1. The van der Waals surface area contributed by atoms with Gasteiger partial charge >= 0.3 is 0 Å². The van der Waals surface area contributed by atoms with Crippen molar-refractivity contribution in [1.82, 2.24) is 4.31 Å². The molecule has 1 saturated heterocycles. The summed E-state index contributed by atoms with van der Waals surface area (Å²) in [4.78, 5) is 0.111. The molecule has 0 atom stereocenters. The van der Waals surface area contributed by atoms with E-state index in [-0.39, 0.29) is 37.2 Å². The predicted molar refractivity (Wildman–Crippen MR) is 77.4 cm³/mol. The molecule has 0 unspecified atom stereocenters. The number of piperidine rings is 1. The lowest BCUT2D eigenvalue weighted by molar-refractivity contribution is 0.0426. The molecule has 1 aromatic carbocycles. The fourth-order valence-electron chi connectivity index (χ4n) is 3.41. The van der Waals surface area contributed by atoms with Crippen LogP contribution in [0, 0.1) is 5.41 Å². The van der Waals surface area contributed by atoms with E-state index in [0.717, 1.165) is 0 Å². The molecule has 8 heteroatoms. The van der Waals surface area contributed by atoms with Crippen molar-refractivity contribution in [2.24, 2.45) is 5.41 Å². The molecule has 4 rings (SSSR count). The second-order valence-electron chi connectivity index (χ2n) is 6.37. The van der Waals surface area contributed by atoms with Crippen LogP contribution in [-0.4, -0.2) is 44.9 Å². The summed E-state index contributed by atoms with van der Waals surface area (Å²) in [5.74, 6) is -1.70. The predicted octanol–water partition coefficient (Wildman–Crippen LogP) is 2.27. The first-order chi connectivity index (χ1) is 10.8. The first kappa shape index (κ1) is 15.1. The van der Waals surface area contributed by atoms with E-state index in [0.29, 0.717) is 24.7 Å². The maximum Gasteiger partial charge on any atom is 0.254 e. The topological polar surface area (TPSA) is 55.8 Å². The number of hydrogen-bond donors (Lipinski definition) is 0. The quantitative estimate of drug-likeness (QED) is 0.825. The van der Waals surface area contributed by atoms with Crippen LogP contribution in [0.1, 0.15) is 19.3 Å². The number of rotatable bonds is 2. The van der Waals surface area contributed by atoms with Crippen LogP contribution in [0.15, 0.2) is 23.1 Å². The van der Waals surface area contributed by atoms with E-state index in [4.69, 9.17) is 9.47 Å². The van der Waals surface area contributed by atoms with Crippen LogP contribution in [-0.2, 0) is 10.0 Å². The van der Waals surface area contributed by atoms with Crippen LogP contribution in [0.25, 0.3) is 0 Å². The summed E-state index contributed by atoms with van der Waals surface area (Å²) in [7, 11) is -3.70. The monoisotopic (exact) mass is 345 g/mol. The van der Waals surface area contributed by atoms with Gasteiger partial charge in [0.05, 0.1) is 4.90 Å². The van der Waals surface area contributed by atoms with Gasteiger partial charge in [-0.25, -0.2) is 17.2 Å². The Morgan fingerprint density at radius 1 is 1.04 bits per heavy atom. The van der Waals surface area contributed by atoms with E-state index in [1.165, 1.54) is 16.4 Å². The zero-order valence-electron chi connectivity index (χ0n) is 12.4. The molecular weight excluding hydrogens is 328 g/mol. The van der Waals surface area contributed by atoms with Gasteiger partial charge in [-0.15, -0.1) is 0 Å². The van der Waals surface area contributed by atoms with Gasteiger partial charge in [-0.2, -0.15) is 4.31 Å². The highest BCUT2D eigenvalue weighted by atomic mass is 32.2. The molecule has 0 bridgehead atoms. The molecule has 126 valence electrons. The number of nitrogens with zero attached hydrogens (tertiary/aromatic N) is 1. The van der Waals surface area contributed by atoms with Gasteiger partial charge in [-0.1, -0.05) is 0 Å². The average molecular weight is 345 g/mol. The normalized spacial score (nSPS) is 25.3. The van der Waals surface area contributed by atoms with E-state index in [2.05, 4.69) is 0 Å². The van der Waals surface area contributed by atoms with Crippen molar-refractivity contribution in [3.8, 4) is 11.5 Å². The second-order valence-corrected chi connectivity index (χ2v) is 8.31. The minimum absolute atomic E-state index is 0.111. The van der Waals surface area contributed by atoms with Crippen LogP contribution in [0.2, 0.25) is 0 Å². The third-order valence-electron chi connectivity index (χ3n) is 5.04. The fourth-order valence-corrected chi connectivity index (χ4v) is 4.87. The summed E-state index contributed by atoms with van der Waals surface area (Å²) in [6, 6.07) is 4.49. The van der Waals surface area contributed by atoms with Gasteiger partial charge in [0, 0.05) is 31.0 Å². The third kappa shape index (κ3) is 2.30. The fraction of sp³-hybridized carbons (Fsp3) is 0.600. The van der Waals surface area contributed by atoms with Crippen molar-refractivity contribution in [2.75, 3.05) is 26.3 Å². The van der Waals surface area contributed by atoms with E-state index >= 15 is 0 Å². The maximum atomic E-state index is 13.4. The Bertz CT molecular complexity index is 742. The van der Waals surface area contributed by atoms with Crippen LogP contribution in [0.4, 0.5) is 8.78 Å². The summed E-state index contributed by atoms with van der Waals surface area (Å²) < 4.78 is 64.3. The highest BCUT2D eigenvalue weighted by Crippen LogP contribution is 2.66. The van der Waals surface area contributed by atoms with Gasteiger partial charge in [0.2, 0.25) is 10.0 Å². The molecule has 2 aliphatic heterocycles. The smallest absolute Gasteiger partial charge is 0.254 e. The Balaban J connectivity index is 1.55. The molecule has 0 N–H and O–H groups in total. The Labute approximate surface area is 133 Å². The lowest BCUT2D eigenvalue weighted by atomic mass is 9.94. The van der Waals surface area contributed by atoms with Crippen molar-refractivity contribution in [3.63, 3.8) is 0 Å². The second kappa shape index (κ2) is 4.80. The highest BCUT2D eigenvalue weighted by Gasteiger charge is 2.70. The summed E-state index contributed by atoms with van der Waals surface area (Å²) in [6.07, 6.45) is 0.311. The van der Waals surface area contributed by atoms with Gasteiger partial charge in [0.15, 0.2) is 11.5 Å². The minimum atomic E-state index is -3.70. The standard InChI is InChI=1S/C15H17F2NO4S/c16-15(17)10-14(15)3-5-18(6-4-14)23(19,20)11-1-2-12-13(9-11)22-8-7-21-12/h1-2,9H,3-8,10H2. The van der Waals surface area contributed by atoms with Crippen LogP contribution < -0.4 is 9.47 Å². The number of alkyl halides is 2. The van der Waals surface area contributed by atoms with Gasteiger partial charge in [0.1, 0.15) is 13.2 Å². The molecule has 5 nitrogen and oxygen atoms in total. The lowest BCUT2D eigenvalue weighted by Crippen LogP contribution is -2.40. The van der Waals surface area contributed by atoms with Gasteiger partial charge in [-0.3, -0.25) is 0 Å². The summed E-state index contributed by atoms with van der Waals surface area (Å²) in [5, 5.41) is 0. The van der Waals surface area contributed by atoms with Crippen LogP contribution in [0.5, 0.6) is 11.5 Å². The van der Waals surface area contributed by atoms with Crippen molar-refractivity contribution in [1.29, 1.82) is 0 Å². The molecule has 3 aliphatic rings. The molecule has 1 aliphatic carbocycles. The average Bonchev–Trinajstić information content (AvgIpc) is 3.07. The molecule has 1 spiro atoms. The molecule has 0 aromatic heterocycles.